The number of rotatable bonds is 13. The van der Waals surface area contributed by atoms with Crippen molar-refractivity contribution in [3.8, 4) is 0 Å². The summed E-state index contributed by atoms with van der Waals surface area (Å²) in [6.45, 7) is -0.587. The lowest BCUT2D eigenvalue weighted by Gasteiger charge is -2.48. The highest BCUT2D eigenvalue weighted by atomic mass is 16.8. The SMILES string of the molecule is CC1OC(COC2C(O)C(O)OC(CO)C2OC2OC(CO)C(O)C(O)C2O)C(O)C(O)C1O.CC1OC(OC2C(OC3C(CO)OC(O)C(O)C3O)OC(CO)C(O)C2O)C(O)C(O)C1O. The average molecular weight is 991 g/mol. The number of hydrogen-bond donors (Lipinski definition) is 20. The van der Waals surface area contributed by atoms with Gasteiger partial charge in [0.15, 0.2) is 31.5 Å². The standard InChI is InChI=1S/C19H34O15.C18H32O15/c1-5-9(22)12(25)11(24)8(31-5)4-30-17-15(28)18(29)32-7(3-21)16(17)34-19-14(27)13(26)10(23)6(2-20)33-19;1-4-7(21)9(23)13(27)17(29-4)33-15-10(24)8(22)5(2-19)31-18(15)32-14-6(3-20)30-16(28)12(26)11(14)25/h5-29H,2-4H2,1H3;4-28H,2-3H2,1H3. The van der Waals surface area contributed by atoms with Gasteiger partial charge < -0.3 is 149 Å². The molecular formula is C37H66O30. The van der Waals surface area contributed by atoms with Crippen molar-refractivity contribution in [1.82, 2.24) is 0 Å². The second-order valence-corrected chi connectivity index (χ2v) is 17.0. The molecule has 30 atom stereocenters. The molecule has 6 saturated heterocycles. The molecule has 0 aliphatic carbocycles. The maximum absolute atomic E-state index is 10.6. The maximum Gasteiger partial charge on any atom is 0.187 e. The Hall–Kier alpha value is -1.20. The number of hydrogen-bond acceptors (Lipinski definition) is 30. The summed E-state index contributed by atoms with van der Waals surface area (Å²) >= 11 is 0. The second kappa shape index (κ2) is 24.5. The molecule has 0 saturated carbocycles. The van der Waals surface area contributed by atoms with Crippen LogP contribution in [-0.4, -0.2) is 319 Å². The van der Waals surface area contributed by atoms with Crippen LogP contribution in [0.3, 0.4) is 0 Å². The van der Waals surface area contributed by atoms with E-state index in [0.717, 1.165) is 0 Å². The highest BCUT2D eigenvalue weighted by Crippen LogP contribution is 2.34. The Kier molecular flexibility index (Phi) is 20.7. The molecule has 30 unspecified atom stereocenters. The first-order chi connectivity index (χ1) is 31.5. The summed E-state index contributed by atoms with van der Waals surface area (Å²) in [7, 11) is 0. The van der Waals surface area contributed by atoms with E-state index in [9.17, 15) is 102 Å². The molecule has 67 heavy (non-hydrogen) atoms. The summed E-state index contributed by atoms with van der Waals surface area (Å²) in [4.78, 5) is 0. The molecule has 0 aromatic carbocycles. The van der Waals surface area contributed by atoms with E-state index in [-0.39, 0.29) is 0 Å². The van der Waals surface area contributed by atoms with E-state index in [4.69, 9.17) is 47.4 Å². The van der Waals surface area contributed by atoms with Crippen LogP contribution in [0.1, 0.15) is 13.8 Å². The third kappa shape index (κ3) is 12.4. The van der Waals surface area contributed by atoms with Gasteiger partial charge in [-0.25, -0.2) is 0 Å². The fourth-order valence-electron chi connectivity index (χ4n) is 8.21. The van der Waals surface area contributed by atoms with Crippen molar-refractivity contribution in [2.75, 3.05) is 33.0 Å². The molecule has 0 spiro atoms. The Balaban J connectivity index is 0.000000251. The highest BCUT2D eigenvalue weighted by molar-refractivity contribution is 4.98. The molecule has 6 aliphatic heterocycles. The largest absolute Gasteiger partial charge is 0.394 e. The van der Waals surface area contributed by atoms with E-state index >= 15 is 0 Å². The van der Waals surface area contributed by atoms with Crippen LogP contribution in [0.5, 0.6) is 0 Å². The Labute approximate surface area is 380 Å². The maximum atomic E-state index is 10.6. The lowest BCUT2D eigenvalue weighted by Crippen LogP contribution is -2.66. The van der Waals surface area contributed by atoms with Crippen molar-refractivity contribution in [3.63, 3.8) is 0 Å². The van der Waals surface area contributed by atoms with Gasteiger partial charge in [0.2, 0.25) is 0 Å². The lowest BCUT2D eigenvalue weighted by atomic mass is 9.95. The molecule has 6 fully saturated rings. The quantitative estimate of drug-likeness (QED) is 0.0815. The molecular weight excluding hydrogens is 924 g/mol. The zero-order valence-electron chi connectivity index (χ0n) is 35.9. The topological polar surface area (TPSA) is 497 Å². The summed E-state index contributed by atoms with van der Waals surface area (Å²) in [6, 6.07) is 0. The first-order valence-corrected chi connectivity index (χ1v) is 21.4. The fraction of sp³-hybridized carbons (Fsp3) is 1.00. The first kappa shape index (κ1) is 56.7. The molecule has 0 bridgehead atoms. The normalized spacial score (nSPS) is 53.1. The third-order valence-electron chi connectivity index (χ3n) is 12.4. The van der Waals surface area contributed by atoms with E-state index < -0.39 is 217 Å². The van der Waals surface area contributed by atoms with Crippen molar-refractivity contribution in [1.29, 1.82) is 0 Å². The van der Waals surface area contributed by atoms with Gasteiger partial charge in [-0.15, -0.1) is 0 Å². The zero-order chi connectivity index (χ0) is 49.9. The van der Waals surface area contributed by atoms with Gasteiger partial charge in [0.05, 0.1) is 45.2 Å². The van der Waals surface area contributed by atoms with E-state index in [1.807, 2.05) is 0 Å². The summed E-state index contributed by atoms with van der Waals surface area (Å²) in [5.41, 5.74) is 0. The zero-order valence-corrected chi connectivity index (χ0v) is 35.9. The van der Waals surface area contributed by atoms with Gasteiger partial charge in [0.1, 0.15) is 140 Å². The van der Waals surface area contributed by atoms with Gasteiger partial charge in [-0.2, -0.15) is 0 Å². The van der Waals surface area contributed by atoms with Crippen molar-refractivity contribution in [2.45, 2.75) is 198 Å². The molecule has 20 N–H and O–H groups in total. The van der Waals surface area contributed by atoms with Crippen LogP contribution in [0.15, 0.2) is 0 Å². The number of aliphatic hydroxyl groups excluding tert-OH is 20. The molecule has 6 rings (SSSR count). The van der Waals surface area contributed by atoms with Gasteiger partial charge in [0.25, 0.3) is 0 Å². The fourth-order valence-corrected chi connectivity index (χ4v) is 8.21. The van der Waals surface area contributed by atoms with Crippen LogP contribution in [-0.2, 0) is 47.4 Å². The Morgan fingerprint density at radius 2 is 0.687 bits per heavy atom. The smallest absolute Gasteiger partial charge is 0.187 e. The summed E-state index contributed by atoms with van der Waals surface area (Å²) in [6.07, 6.45) is -46.5. The Morgan fingerprint density at radius 1 is 0.299 bits per heavy atom. The van der Waals surface area contributed by atoms with Crippen LogP contribution in [0, 0.1) is 0 Å². The Morgan fingerprint density at radius 3 is 1.24 bits per heavy atom. The minimum atomic E-state index is -1.83. The predicted octanol–water partition coefficient (Wildman–Crippen LogP) is -13.0. The molecule has 0 aromatic rings. The van der Waals surface area contributed by atoms with Crippen LogP contribution in [0.25, 0.3) is 0 Å². The number of aliphatic hydroxyl groups is 20. The third-order valence-corrected chi connectivity index (χ3v) is 12.4. The van der Waals surface area contributed by atoms with E-state index in [2.05, 4.69) is 0 Å². The van der Waals surface area contributed by atoms with Crippen LogP contribution in [0.2, 0.25) is 0 Å². The van der Waals surface area contributed by atoms with Gasteiger partial charge in [-0.05, 0) is 13.8 Å². The van der Waals surface area contributed by atoms with Crippen molar-refractivity contribution < 1.29 is 149 Å². The highest BCUT2D eigenvalue weighted by Gasteiger charge is 2.55. The van der Waals surface area contributed by atoms with Gasteiger partial charge in [0, 0.05) is 0 Å². The van der Waals surface area contributed by atoms with E-state index in [1.165, 1.54) is 13.8 Å². The van der Waals surface area contributed by atoms with Gasteiger partial charge in [-0.1, -0.05) is 0 Å². The van der Waals surface area contributed by atoms with Crippen LogP contribution >= 0.6 is 0 Å². The van der Waals surface area contributed by atoms with E-state index in [0.29, 0.717) is 0 Å². The minimum absolute atomic E-state index is 0.462. The molecule has 0 aromatic heterocycles. The molecule has 30 heteroatoms. The molecule has 30 nitrogen and oxygen atoms in total. The second-order valence-electron chi connectivity index (χ2n) is 17.0. The van der Waals surface area contributed by atoms with Crippen molar-refractivity contribution in [2.24, 2.45) is 0 Å². The molecule has 0 amide bonds. The van der Waals surface area contributed by atoms with Crippen molar-refractivity contribution >= 4 is 0 Å². The molecule has 6 heterocycles. The monoisotopic (exact) mass is 990 g/mol. The molecule has 394 valence electrons. The van der Waals surface area contributed by atoms with Crippen LogP contribution in [0.4, 0.5) is 0 Å². The van der Waals surface area contributed by atoms with Gasteiger partial charge >= 0.3 is 0 Å². The van der Waals surface area contributed by atoms with Crippen molar-refractivity contribution in [3.05, 3.63) is 0 Å². The molecule has 6 aliphatic rings. The molecule has 0 radical (unpaired) electrons. The summed E-state index contributed by atoms with van der Waals surface area (Å²) < 4.78 is 54.0. The van der Waals surface area contributed by atoms with Crippen LogP contribution < -0.4 is 0 Å². The number of ether oxygens (including phenoxy) is 10. The van der Waals surface area contributed by atoms with E-state index in [1.54, 1.807) is 0 Å². The summed E-state index contributed by atoms with van der Waals surface area (Å²) in [5.74, 6) is 0. The summed E-state index contributed by atoms with van der Waals surface area (Å²) in [5, 5.41) is 200. The van der Waals surface area contributed by atoms with Gasteiger partial charge in [-0.3, -0.25) is 0 Å². The predicted molar refractivity (Wildman–Crippen MR) is 205 cm³/mol. The average Bonchev–Trinajstić information content (AvgIpc) is 3.31. The minimum Gasteiger partial charge on any atom is -0.394 e. The lowest BCUT2D eigenvalue weighted by molar-refractivity contribution is -0.385. The first-order valence-electron chi connectivity index (χ1n) is 21.4. The Bertz CT molecular complexity index is 1470.